The second kappa shape index (κ2) is 7.62. The normalized spacial score (nSPS) is 10.1. The molecule has 6 nitrogen and oxygen atoms in total. The molecule has 0 N–H and O–H groups in total. The Morgan fingerprint density at radius 1 is 1.60 bits per heavy atom. The highest BCUT2D eigenvalue weighted by atomic mass is 35.5. The van der Waals surface area contributed by atoms with Gasteiger partial charge in [0, 0.05) is 32.3 Å². The molecule has 20 heavy (non-hydrogen) atoms. The SMILES string of the molecule is C=CCN(CCOC)C(=O)c1cc([N+](=O)[O-])ccc1Cl. The molecule has 0 unspecified atom stereocenters. The second-order valence-corrected chi connectivity index (χ2v) is 4.36. The number of halogens is 1. The number of benzene rings is 1. The molecule has 0 heterocycles. The lowest BCUT2D eigenvalue weighted by Gasteiger charge is -2.21. The Bertz CT molecular complexity index is 519. The summed E-state index contributed by atoms with van der Waals surface area (Å²) in [5.74, 6) is -0.393. The van der Waals surface area contributed by atoms with E-state index in [0.29, 0.717) is 19.7 Å². The Balaban J connectivity index is 3.06. The Morgan fingerprint density at radius 2 is 2.30 bits per heavy atom. The van der Waals surface area contributed by atoms with E-state index in [1.807, 2.05) is 0 Å². The molecular weight excluding hydrogens is 284 g/mol. The maximum Gasteiger partial charge on any atom is 0.270 e. The number of hydrogen-bond donors (Lipinski definition) is 0. The summed E-state index contributed by atoms with van der Waals surface area (Å²) in [5, 5.41) is 10.9. The number of carbonyl (C=O) groups excluding carboxylic acids is 1. The van der Waals surface area contributed by atoms with Crippen molar-refractivity contribution in [1.29, 1.82) is 0 Å². The molecule has 0 saturated heterocycles. The zero-order valence-corrected chi connectivity index (χ0v) is 11.8. The van der Waals surface area contributed by atoms with E-state index >= 15 is 0 Å². The van der Waals surface area contributed by atoms with Crippen molar-refractivity contribution in [2.75, 3.05) is 26.8 Å². The molecule has 0 aliphatic rings. The van der Waals surface area contributed by atoms with Gasteiger partial charge in [-0.25, -0.2) is 0 Å². The largest absolute Gasteiger partial charge is 0.383 e. The molecule has 0 aromatic heterocycles. The van der Waals surface area contributed by atoms with E-state index in [-0.39, 0.29) is 16.3 Å². The number of rotatable bonds is 7. The molecule has 1 aromatic carbocycles. The van der Waals surface area contributed by atoms with Crippen LogP contribution < -0.4 is 0 Å². The second-order valence-electron chi connectivity index (χ2n) is 3.95. The van der Waals surface area contributed by atoms with E-state index in [9.17, 15) is 14.9 Å². The van der Waals surface area contributed by atoms with Gasteiger partial charge in [0.05, 0.1) is 22.1 Å². The fraction of sp³-hybridized carbons (Fsp3) is 0.308. The smallest absolute Gasteiger partial charge is 0.270 e. The third kappa shape index (κ3) is 4.04. The number of hydrogen-bond acceptors (Lipinski definition) is 4. The van der Waals surface area contributed by atoms with Gasteiger partial charge in [0.1, 0.15) is 0 Å². The topological polar surface area (TPSA) is 72.7 Å². The van der Waals surface area contributed by atoms with E-state index in [4.69, 9.17) is 16.3 Å². The summed E-state index contributed by atoms with van der Waals surface area (Å²) < 4.78 is 4.93. The van der Waals surface area contributed by atoms with Crippen molar-refractivity contribution < 1.29 is 14.5 Å². The summed E-state index contributed by atoms with van der Waals surface area (Å²) in [6.45, 7) is 4.58. The molecule has 7 heteroatoms. The van der Waals surface area contributed by atoms with Crippen LogP contribution in [0.2, 0.25) is 5.02 Å². The van der Waals surface area contributed by atoms with E-state index in [1.54, 1.807) is 6.08 Å². The number of nitro groups is 1. The molecule has 0 spiro atoms. The number of nitro benzene ring substituents is 1. The van der Waals surface area contributed by atoms with Crippen LogP contribution in [0, 0.1) is 10.1 Å². The minimum absolute atomic E-state index is 0.0961. The highest BCUT2D eigenvalue weighted by Gasteiger charge is 2.20. The van der Waals surface area contributed by atoms with Crippen molar-refractivity contribution in [3.63, 3.8) is 0 Å². The Hall–Kier alpha value is -1.92. The van der Waals surface area contributed by atoms with Crippen LogP contribution in [0.5, 0.6) is 0 Å². The molecule has 0 bridgehead atoms. The number of amides is 1. The summed E-state index contributed by atoms with van der Waals surface area (Å²) in [5.41, 5.74) is -0.0816. The van der Waals surface area contributed by atoms with Gasteiger partial charge >= 0.3 is 0 Å². The highest BCUT2D eigenvalue weighted by Crippen LogP contribution is 2.23. The molecule has 0 atom stereocenters. The molecule has 1 rings (SSSR count). The van der Waals surface area contributed by atoms with E-state index in [0.717, 1.165) is 0 Å². The van der Waals surface area contributed by atoms with E-state index in [1.165, 1.54) is 30.2 Å². The minimum atomic E-state index is -0.569. The van der Waals surface area contributed by atoms with Gasteiger partial charge in [0.15, 0.2) is 0 Å². The minimum Gasteiger partial charge on any atom is -0.383 e. The van der Waals surface area contributed by atoms with Gasteiger partial charge in [-0.2, -0.15) is 0 Å². The van der Waals surface area contributed by atoms with Crippen molar-refractivity contribution in [2.24, 2.45) is 0 Å². The highest BCUT2D eigenvalue weighted by molar-refractivity contribution is 6.33. The predicted octanol–water partition coefficient (Wildman–Crippen LogP) is 2.52. The summed E-state index contributed by atoms with van der Waals surface area (Å²) in [7, 11) is 1.52. The molecule has 1 aromatic rings. The first-order chi connectivity index (χ1) is 9.51. The zero-order valence-electron chi connectivity index (χ0n) is 11.0. The summed E-state index contributed by atoms with van der Waals surface area (Å²) in [4.78, 5) is 24.0. The molecule has 0 aliphatic heterocycles. The lowest BCUT2D eigenvalue weighted by Crippen LogP contribution is -2.34. The van der Waals surface area contributed by atoms with Crippen molar-refractivity contribution in [3.8, 4) is 0 Å². The van der Waals surface area contributed by atoms with Crippen LogP contribution in [-0.4, -0.2) is 42.5 Å². The van der Waals surface area contributed by atoms with Crippen molar-refractivity contribution >= 4 is 23.2 Å². The predicted molar refractivity (Wildman–Crippen MR) is 76.1 cm³/mol. The molecule has 0 fully saturated rings. The van der Waals surface area contributed by atoms with Crippen LogP contribution in [0.25, 0.3) is 0 Å². The van der Waals surface area contributed by atoms with Gasteiger partial charge in [-0.1, -0.05) is 17.7 Å². The van der Waals surface area contributed by atoms with Gasteiger partial charge in [-0.15, -0.1) is 6.58 Å². The van der Waals surface area contributed by atoms with Gasteiger partial charge in [0.25, 0.3) is 11.6 Å². The summed E-state index contributed by atoms with van der Waals surface area (Å²) >= 11 is 5.95. The maximum absolute atomic E-state index is 12.4. The van der Waals surface area contributed by atoms with Crippen molar-refractivity contribution in [3.05, 3.63) is 51.6 Å². The standard InChI is InChI=1S/C13H15ClN2O4/c1-3-6-15(7-8-20-2)13(17)11-9-10(16(18)19)4-5-12(11)14/h3-5,9H,1,6-8H2,2H3. The van der Waals surface area contributed by atoms with Gasteiger partial charge in [-0.05, 0) is 6.07 Å². The average molecular weight is 299 g/mol. The Kier molecular flexibility index (Phi) is 6.14. The monoisotopic (exact) mass is 298 g/mol. The number of ether oxygens (including phenoxy) is 1. The lowest BCUT2D eigenvalue weighted by molar-refractivity contribution is -0.384. The Morgan fingerprint density at radius 3 is 2.85 bits per heavy atom. The number of non-ortho nitro benzene ring substituents is 1. The van der Waals surface area contributed by atoms with E-state index in [2.05, 4.69) is 6.58 Å². The van der Waals surface area contributed by atoms with Crippen LogP contribution in [0.1, 0.15) is 10.4 Å². The molecule has 0 saturated carbocycles. The summed E-state index contributed by atoms with van der Waals surface area (Å²) in [6, 6.07) is 3.77. The fourth-order valence-corrected chi connectivity index (χ4v) is 1.79. The van der Waals surface area contributed by atoms with Gasteiger partial charge < -0.3 is 9.64 Å². The third-order valence-electron chi connectivity index (χ3n) is 2.59. The van der Waals surface area contributed by atoms with Crippen LogP contribution in [0.3, 0.4) is 0 Å². The summed E-state index contributed by atoms with van der Waals surface area (Å²) in [6.07, 6.45) is 1.57. The molecule has 0 aliphatic carbocycles. The number of methoxy groups -OCH3 is 1. The molecule has 1 amide bonds. The lowest BCUT2D eigenvalue weighted by atomic mass is 10.1. The quantitative estimate of drug-likeness (QED) is 0.440. The van der Waals surface area contributed by atoms with Crippen LogP contribution >= 0.6 is 11.6 Å². The number of nitrogens with zero attached hydrogens (tertiary/aromatic N) is 2. The van der Waals surface area contributed by atoms with Crippen LogP contribution in [0.4, 0.5) is 5.69 Å². The molecule has 108 valence electrons. The van der Waals surface area contributed by atoms with Gasteiger partial charge in [-0.3, -0.25) is 14.9 Å². The van der Waals surface area contributed by atoms with E-state index < -0.39 is 10.8 Å². The first-order valence-electron chi connectivity index (χ1n) is 5.84. The van der Waals surface area contributed by atoms with Crippen LogP contribution in [0.15, 0.2) is 30.9 Å². The van der Waals surface area contributed by atoms with Crippen LogP contribution in [-0.2, 0) is 4.74 Å². The first kappa shape index (κ1) is 16.1. The fourth-order valence-electron chi connectivity index (χ4n) is 1.59. The first-order valence-corrected chi connectivity index (χ1v) is 6.22. The number of carbonyl (C=O) groups is 1. The molecular formula is C13H15ClN2O4. The third-order valence-corrected chi connectivity index (χ3v) is 2.92. The maximum atomic E-state index is 12.4. The van der Waals surface area contributed by atoms with Gasteiger partial charge in [0.2, 0.25) is 0 Å². The van der Waals surface area contributed by atoms with Crippen molar-refractivity contribution in [1.82, 2.24) is 4.90 Å². The molecule has 0 radical (unpaired) electrons. The average Bonchev–Trinajstić information content (AvgIpc) is 2.43. The zero-order chi connectivity index (χ0) is 15.1. The van der Waals surface area contributed by atoms with Crippen molar-refractivity contribution in [2.45, 2.75) is 0 Å². The Labute approximate surface area is 121 Å².